The first-order valence-electron chi connectivity index (χ1n) is 7.07. The van der Waals surface area contributed by atoms with Crippen molar-refractivity contribution < 1.29 is 40.6 Å². The molecule has 0 aromatic heterocycles. The Morgan fingerprint density at radius 3 is 2.27 bits per heavy atom. The summed E-state index contributed by atoms with van der Waals surface area (Å²) >= 11 is -0.638. The number of fused-ring (bicyclic) bond motifs is 1. The maximum Gasteiger partial charge on any atom is 0.446 e. The van der Waals surface area contributed by atoms with Crippen molar-refractivity contribution in [2.75, 3.05) is 0 Å². The van der Waals surface area contributed by atoms with E-state index in [-0.39, 0.29) is 17.1 Å². The maximum atomic E-state index is 13.9. The highest BCUT2D eigenvalue weighted by atomic mass is 32.2. The quantitative estimate of drug-likeness (QED) is 0.540. The van der Waals surface area contributed by atoms with Crippen molar-refractivity contribution in [3.05, 3.63) is 53.1 Å². The van der Waals surface area contributed by atoms with E-state index in [1.165, 1.54) is 0 Å². The van der Waals surface area contributed by atoms with Crippen molar-refractivity contribution >= 4 is 11.8 Å². The van der Waals surface area contributed by atoms with Gasteiger partial charge in [-0.05, 0) is 23.9 Å². The molecule has 0 spiro atoms. The first-order chi connectivity index (χ1) is 12.0. The molecule has 0 aliphatic heterocycles. The van der Waals surface area contributed by atoms with Crippen LogP contribution >= 0.6 is 11.8 Å². The van der Waals surface area contributed by atoms with Crippen molar-refractivity contribution in [2.24, 2.45) is 0 Å². The Balaban J connectivity index is 2.06. The number of aliphatic hydroxyl groups is 1. The molecule has 26 heavy (non-hydrogen) atoms. The van der Waals surface area contributed by atoms with E-state index in [4.69, 9.17) is 4.74 Å². The highest BCUT2D eigenvalue weighted by Crippen LogP contribution is 2.52. The molecule has 10 heteroatoms. The van der Waals surface area contributed by atoms with Gasteiger partial charge >= 0.3 is 5.51 Å². The second-order valence-corrected chi connectivity index (χ2v) is 6.66. The fourth-order valence-electron chi connectivity index (χ4n) is 2.67. The van der Waals surface area contributed by atoms with Crippen LogP contribution in [0.15, 0.2) is 35.2 Å². The van der Waals surface area contributed by atoms with Crippen molar-refractivity contribution in [3.63, 3.8) is 0 Å². The molecule has 0 bridgehead atoms. The van der Waals surface area contributed by atoms with Crippen molar-refractivity contribution in [3.8, 4) is 11.5 Å². The Morgan fingerprint density at radius 2 is 1.69 bits per heavy atom. The van der Waals surface area contributed by atoms with Crippen LogP contribution in [-0.2, 0) is 6.42 Å². The summed E-state index contributed by atoms with van der Waals surface area (Å²) in [5, 5.41) is 9.76. The van der Waals surface area contributed by atoms with Crippen LogP contribution < -0.4 is 4.74 Å². The van der Waals surface area contributed by atoms with Gasteiger partial charge in [0.25, 0.3) is 5.92 Å². The fraction of sp³-hybridized carbons (Fsp3) is 0.250. The van der Waals surface area contributed by atoms with Gasteiger partial charge in [-0.25, -0.2) is 17.6 Å². The summed E-state index contributed by atoms with van der Waals surface area (Å²) in [6.07, 6.45) is -3.52. The third-order valence-electron chi connectivity index (χ3n) is 3.65. The van der Waals surface area contributed by atoms with Crippen LogP contribution in [0.1, 0.15) is 17.2 Å². The number of alkyl halides is 5. The number of rotatable bonds is 3. The summed E-state index contributed by atoms with van der Waals surface area (Å²) < 4.78 is 97.3. The highest BCUT2D eigenvalue weighted by Gasteiger charge is 2.50. The zero-order valence-electron chi connectivity index (χ0n) is 12.6. The summed E-state index contributed by atoms with van der Waals surface area (Å²) in [6, 6.07) is 4.00. The first kappa shape index (κ1) is 18.8. The lowest BCUT2D eigenvalue weighted by molar-refractivity contribution is -0.0977. The lowest BCUT2D eigenvalue weighted by Gasteiger charge is -2.17. The van der Waals surface area contributed by atoms with Gasteiger partial charge in [-0.2, -0.15) is 13.2 Å². The average molecular weight is 398 g/mol. The predicted molar refractivity (Wildman–Crippen MR) is 78.4 cm³/mol. The van der Waals surface area contributed by atoms with Crippen molar-refractivity contribution in [1.82, 2.24) is 0 Å². The molecule has 0 unspecified atom stereocenters. The second kappa shape index (κ2) is 6.34. The highest BCUT2D eigenvalue weighted by molar-refractivity contribution is 8.00. The molecule has 1 aliphatic carbocycles. The zero-order chi connectivity index (χ0) is 19.3. The number of ether oxygens (including phenoxy) is 1. The molecule has 0 saturated heterocycles. The average Bonchev–Trinajstić information content (AvgIpc) is 2.70. The Kier molecular flexibility index (Phi) is 4.60. The standard InChI is InChI=1S/C16H9F7O2S/c17-7-3-8(18)5-9(4-7)25-11-1-2-12(26-16(21,22)23)13-10(11)6-15(19,20)14(13)24/h1-5,14,24H,6H2/t14-/m0/s1. The molecular formula is C16H9F7O2S. The number of halogens is 7. The van der Waals surface area contributed by atoms with E-state index in [2.05, 4.69) is 0 Å². The van der Waals surface area contributed by atoms with Gasteiger partial charge in [0.2, 0.25) is 0 Å². The summed E-state index contributed by atoms with van der Waals surface area (Å²) in [6.45, 7) is 0. The molecule has 140 valence electrons. The fourth-order valence-corrected chi connectivity index (χ4v) is 3.40. The Hall–Kier alpha value is -1.94. The van der Waals surface area contributed by atoms with Crippen molar-refractivity contribution in [2.45, 2.75) is 28.9 Å². The van der Waals surface area contributed by atoms with E-state index in [0.29, 0.717) is 6.07 Å². The first-order valence-corrected chi connectivity index (χ1v) is 7.89. The van der Waals surface area contributed by atoms with Crippen LogP contribution in [0.3, 0.4) is 0 Å². The van der Waals surface area contributed by atoms with Gasteiger partial charge in [0.05, 0.1) is 0 Å². The van der Waals surface area contributed by atoms with Gasteiger partial charge in [-0.1, -0.05) is 0 Å². The molecule has 0 saturated carbocycles. The lowest BCUT2D eigenvalue weighted by atomic mass is 10.1. The third-order valence-corrected chi connectivity index (χ3v) is 4.46. The molecule has 0 heterocycles. The number of hydrogen-bond donors (Lipinski definition) is 1. The van der Waals surface area contributed by atoms with Gasteiger partial charge in [-0.3, -0.25) is 0 Å². The van der Waals surface area contributed by atoms with E-state index >= 15 is 0 Å². The zero-order valence-corrected chi connectivity index (χ0v) is 13.4. The van der Waals surface area contributed by atoms with Gasteiger partial charge in [-0.15, -0.1) is 0 Å². The molecule has 0 radical (unpaired) electrons. The van der Waals surface area contributed by atoms with E-state index in [0.717, 1.165) is 24.3 Å². The summed E-state index contributed by atoms with van der Waals surface area (Å²) in [5.41, 5.74) is -5.70. The SMILES string of the molecule is O[C@H]1c2c(SC(F)(F)F)ccc(Oc3cc(F)cc(F)c3)c2CC1(F)F. The number of thioether (sulfide) groups is 1. The van der Waals surface area contributed by atoms with Crippen LogP contribution in [0.2, 0.25) is 0 Å². The normalized spacial score (nSPS) is 18.7. The van der Waals surface area contributed by atoms with E-state index in [1.807, 2.05) is 0 Å². The molecule has 1 atom stereocenters. The molecule has 0 amide bonds. The molecule has 2 aromatic rings. The van der Waals surface area contributed by atoms with Gasteiger partial charge < -0.3 is 9.84 Å². The Morgan fingerprint density at radius 1 is 1.08 bits per heavy atom. The Labute approximate surface area is 146 Å². The van der Waals surface area contributed by atoms with E-state index < -0.39 is 57.8 Å². The molecule has 2 nitrogen and oxygen atoms in total. The van der Waals surface area contributed by atoms with Gasteiger partial charge in [0.1, 0.15) is 29.2 Å². The smallest absolute Gasteiger partial charge is 0.446 e. The lowest BCUT2D eigenvalue weighted by Crippen LogP contribution is -2.21. The number of benzene rings is 2. The third kappa shape index (κ3) is 3.75. The second-order valence-electron chi connectivity index (χ2n) is 5.55. The molecule has 1 N–H and O–H groups in total. The number of hydrogen-bond acceptors (Lipinski definition) is 3. The largest absolute Gasteiger partial charge is 0.457 e. The summed E-state index contributed by atoms with van der Waals surface area (Å²) in [5.74, 6) is -6.33. The van der Waals surface area contributed by atoms with Crippen LogP contribution in [0.4, 0.5) is 30.7 Å². The van der Waals surface area contributed by atoms with E-state index in [1.54, 1.807) is 0 Å². The van der Waals surface area contributed by atoms with Gasteiger partial charge in [0.15, 0.2) is 0 Å². The monoisotopic (exact) mass is 398 g/mol. The summed E-state index contributed by atoms with van der Waals surface area (Å²) in [7, 11) is 0. The molecule has 0 fully saturated rings. The minimum absolute atomic E-state index is 0.312. The van der Waals surface area contributed by atoms with Gasteiger partial charge in [0, 0.05) is 40.6 Å². The molecular weight excluding hydrogens is 389 g/mol. The molecule has 3 rings (SSSR count). The minimum atomic E-state index is -4.75. The van der Waals surface area contributed by atoms with E-state index in [9.17, 15) is 35.8 Å². The predicted octanol–water partition coefficient (Wildman–Crippen LogP) is 5.59. The molecule has 2 aromatic carbocycles. The van der Waals surface area contributed by atoms with Crippen LogP contribution in [0, 0.1) is 11.6 Å². The number of aliphatic hydroxyl groups excluding tert-OH is 1. The van der Waals surface area contributed by atoms with Crippen LogP contribution in [-0.4, -0.2) is 16.5 Å². The topological polar surface area (TPSA) is 29.5 Å². The Bertz CT molecular complexity index is 831. The minimum Gasteiger partial charge on any atom is -0.457 e. The maximum absolute atomic E-state index is 13.9. The summed E-state index contributed by atoms with van der Waals surface area (Å²) in [4.78, 5) is -0.588. The van der Waals surface area contributed by atoms with Crippen molar-refractivity contribution in [1.29, 1.82) is 0 Å². The van der Waals surface area contributed by atoms with Crippen LogP contribution in [0.25, 0.3) is 0 Å². The van der Waals surface area contributed by atoms with Crippen LogP contribution in [0.5, 0.6) is 11.5 Å². The molecule has 1 aliphatic rings.